The summed E-state index contributed by atoms with van der Waals surface area (Å²) in [5.74, 6) is -1.12. The van der Waals surface area contributed by atoms with Crippen molar-refractivity contribution < 1.29 is 18.7 Å². The number of nitrogens with one attached hydrogen (secondary N) is 1. The van der Waals surface area contributed by atoms with E-state index in [1.165, 1.54) is 6.07 Å². The molecule has 1 atom stereocenters. The van der Waals surface area contributed by atoms with Gasteiger partial charge in [0.25, 0.3) is 0 Å². The number of likely N-dealkylation sites (tertiary alicyclic amines) is 1. The first-order chi connectivity index (χ1) is 11.0. The van der Waals surface area contributed by atoms with Gasteiger partial charge < -0.3 is 10.1 Å². The molecule has 23 heavy (non-hydrogen) atoms. The fourth-order valence-electron chi connectivity index (χ4n) is 2.77. The zero-order valence-corrected chi connectivity index (χ0v) is 13.6. The molecule has 1 amide bonds. The second-order valence-electron chi connectivity index (χ2n) is 5.86. The van der Waals surface area contributed by atoms with Gasteiger partial charge in [-0.15, -0.1) is 0 Å². The summed E-state index contributed by atoms with van der Waals surface area (Å²) in [5.41, 5.74) is 0.980. The molecule has 2 rings (SSSR count). The van der Waals surface area contributed by atoms with Crippen molar-refractivity contribution in [3.05, 3.63) is 29.6 Å². The highest BCUT2D eigenvalue weighted by Gasteiger charge is 2.27. The van der Waals surface area contributed by atoms with E-state index in [1.54, 1.807) is 26.0 Å². The lowest BCUT2D eigenvalue weighted by Crippen LogP contribution is -2.43. The Morgan fingerprint density at radius 2 is 2.22 bits per heavy atom. The molecule has 5 nitrogen and oxygen atoms in total. The minimum atomic E-state index is -0.443. The van der Waals surface area contributed by atoms with Gasteiger partial charge in [0.1, 0.15) is 5.82 Å². The standard InChI is InChI=1S/C17H23FN2O3/c1-3-23-17(22)13-5-4-8-20(10-13)11-16(21)19-15-7-6-12(2)9-14(15)18/h6-7,9,13H,3-5,8,10-11H2,1-2H3,(H,19,21)/t13-/m0/s1. The van der Waals surface area contributed by atoms with Gasteiger partial charge in [-0.2, -0.15) is 0 Å². The number of esters is 1. The van der Waals surface area contributed by atoms with Crippen LogP contribution in [0.4, 0.5) is 10.1 Å². The van der Waals surface area contributed by atoms with Gasteiger partial charge in [-0.3, -0.25) is 14.5 Å². The Hall–Kier alpha value is -1.95. The molecule has 0 saturated carbocycles. The first-order valence-corrected chi connectivity index (χ1v) is 7.94. The highest BCUT2D eigenvalue weighted by Crippen LogP contribution is 2.19. The van der Waals surface area contributed by atoms with E-state index in [4.69, 9.17) is 4.74 Å². The average molecular weight is 322 g/mol. The lowest BCUT2D eigenvalue weighted by atomic mass is 9.98. The van der Waals surface area contributed by atoms with Crippen LogP contribution < -0.4 is 5.32 Å². The van der Waals surface area contributed by atoms with Gasteiger partial charge in [0.15, 0.2) is 0 Å². The van der Waals surface area contributed by atoms with Gasteiger partial charge in [0.05, 0.1) is 24.8 Å². The Kier molecular flexibility index (Phi) is 6.10. The predicted octanol–water partition coefficient (Wildman–Crippen LogP) is 2.35. The fraction of sp³-hybridized carbons (Fsp3) is 0.529. The molecular weight excluding hydrogens is 299 g/mol. The van der Waals surface area contributed by atoms with E-state index in [0.717, 1.165) is 24.9 Å². The van der Waals surface area contributed by atoms with Crippen molar-refractivity contribution in [3.63, 3.8) is 0 Å². The lowest BCUT2D eigenvalue weighted by Gasteiger charge is -2.30. The lowest BCUT2D eigenvalue weighted by molar-refractivity contribution is -0.150. The highest BCUT2D eigenvalue weighted by molar-refractivity contribution is 5.92. The Bertz CT molecular complexity index is 577. The molecule has 1 aliphatic rings. The van der Waals surface area contributed by atoms with Crippen LogP contribution >= 0.6 is 0 Å². The summed E-state index contributed by atoms with van der Waals surface area (Å²) in [6, 6.07) is 4.68. The van der Waals surface area contributed by atoms with Gasteiger partial charge in [0, 0.05) is 6.54 Å². The summed E-state index contributed by atoms with van der Waals surface area (Å²) in [6.07, 6.45) is 1.62. The van der Waals surface area contributed by atoms with Gasteiger partial charge in [0.2, 0.25) is 5.91 Å². The number of hydrogen-bond donors (Lipinski definition) is 1. The van der Waals surface area contributed by atoms with Gasteiger partial charge in [-0.25, -0.2) is 4.39 Å². The molecule has 1 heterocycles. The number of amides is 1. The van der Waals surface area contributed by atoms with Gasteiger partial charge in [-0.1, -0.05) is 6.07 Å². The second kappa shape index (κ2) is 8.06. The molecule has 0 aliphatic carbocycles. The van der Waals surface area contributed by atoms with Gasteiger partial charge in [-0.05, 0) is 50.9 Å². The maximum absolute atomic E-state index is 13.8. The number of ether oxygens (including phenoxy) is 1. The van der Waals surface area contributed by atoms with Crippen molar-refractivity contribution in [3.8, 4) is 0 Å². The Morgan fingerprint density at radius 3 is 2.91 bits per heavy atom. The summed E-state index contributed by atoms with van der Waals surface area (Å²) in [5, 5.41) is 2.58. The number of hydrogen-bond acceptors (Lipinski definition) is 4. The quantitative estimate of drug-likeness (QED) is 0.846. The average Bonchev–Trinajstić information content (AvgIpc) is 2.50. The van der Waals surface area contributed by atoms with Crippen LogP contribution in [0.25, 0.3) is 0 Å². The van der Waals surface area contributed by atoms with Crippen LogP contribution in [0.15, 0.2) is 18.2 Å². The number of anilines is 1. The van der Waals surface area contributed by atoms with Crippen molar-refractivity contribution in [1.29, 1.82) is 0 Å². The molecule has 1 aliphatic heterocycles. The van der Waals surface area contributed by atoms with Crippen LogP contribution in [-0.2, 0) is 14.3 Å². The van der Waals surface area contributed by atoms with Crippen LogP contribution in [0.1, 0.15) is 25.3 Å². The summed E-state index contributed by atoms with van der Waals surface area (Å²) in [4.78, 5) is 25.8. The number of piperidine rings is 1. The van der Waals surface area contributed by atoms with Crippen LogP contribution in [0, 0.1) is 18.7 Å². The van der Waals surface area contributed by atoms with E-state index in [9.17, 15) is 14.0 Å². The Labute approximate surface area is 135 Å². The molecule has 6 heteroatoms. The molecule has 1 saturated heterocycles. The molecular formula is C17H23FN2O3. The van der Waals surface area contributed by atoms with Crippen LogP contribution in [-0.4, -0.2) is 43.0 Å². The Balaban J connectivity index is 1.88. The van der Waals surface area contributed by atoms with Crippen LogP contribution in [0.5, 0.6) is 0 Å². The smallest absolute Gasteiger partial charge is 0.310 e. The molecule has 0 bridgehead atoms. The molecule has 0 spiro atoms. The number of benzene rings is 1. The predicted molar refractivity (Wildman–Crippen MR) is 85.6 cm³/mol. The molecule has 1 N–H and O–H groups in total. The number of rotatable bonds is 5. The van der Waals surface area contributed by atoms with E-state index in [1.807, 2.05) is 4.90 Å². The number of halogens is 1. The summed E-state index contributed by atoms with van der Waals surface area (Å²) in [7, 11) is 0. The van der Waals surface area contributed by atoms with E-state index in [2.05, 4.69) is 5.32 Å². The molecule has 0 aromatic heterocycles. The number of carbonyl (C=O) groups is 2. The van der Waals surface area contributed by atoms with Crippen molar-refractivity contribution in [2.75, 3.05) is 31.6 Å². The van der Waals surface area contributed by atoms with Crippen molar-refractivity contribution in [2.45, 2.75) is 26.7 Å². The zero-order valence-electron chi connectivity index (χ0n) is 13.6. The number of aryl methyl sites for hydroxylation is 1. The summed E-state index contributed by atoms with van der Waals surface area (Å²) >= 11 is 0. The van der Waals surface area contributed by atoms with Crippen LogP contribution in [0.3, 0.4) is 0 Å². The third kappa shape index (κ3) is 5.03. The van der Waals surface area contributed by atoms with E-state index in [0.29, 0.717) is 13.2 Å². The fourth-order valence-corrected chi connectivity index (χ4v) is 2.77. The van der Waals surface area contributed by atoms with Crippen molar-refractivity contribution in [2.24, 2.45) is 5.92 Å². The van der Waals surface area contributed by atoms with Crippen molar-refractivity contribution in [1.82, 2.24) is 4.90 Å². The number of nitrogens with zero attached hydrogens (tertiary/aromatic N) is 1. The minimum absolute atomic E-state index is 0.142. The van der Waals surface area contributed by atoms with Crippen molar-refractivity contribution >= 4 is 17.6 Å². The summed E-state index contributed by atoms with van der Waals surface area (Å²) < 4.78 is 18.8. The third-order valence-electron chi connectivity index (χ3n) is 3.89. The zero-order chi connectivity index (χ0) is 16.8. The maximum atomic E-state index is 13.8. The first kappa shape index (κ1) is 17.4. The monoisotopic (exact) mass is 322 g/mol. The van der Waals surface area contributed by atoms with E-state index < -0.39 is 5.82 Å². The molecule has 0 unspecified atom stereocenters. The molecule has 1 fully saturated rings. The third-order valence-corrected chi connectivity index (χ3v) is 3.89. The largest absolute Gasteiger partial charge is 0.466 e. The van der Waals surface area contributed by atoms with Gasteiger partial charge >= 0.3 is 5.97 Å². The van der Waals surface area contributed by atoms with E-state index >= 15 is 0 Å². The van der Waals surface area contributed by atoms with Crippen LogP contribution in [0.2, 0.25) is 0 Å². The highest BCUT2D eigenvalue weighted by atomic mass is 19.1. The second-order valence-corrected chi connectivity index (χ2v) is 5.86. The normalized spacial score (nSPS) is 18.5. The Morgan fingerprint density at radius 1 is 1.43 bits per heavy atom. The topological polar surface area (TPSA) is 58.6 Å². The van der Waals surface area contributed by atoms with E-state index in [-0.39, 0.29) is 30.0 Å². The number of carbonyl (C=O) groups excluding carboxylic acids is 2. The SMILES string of the molecule is CCOC(=O)[C@H]1CCCN(CC(=O)Nc2ccc(C)cc2F)C1. The maximum Gasteiger partial charge on any atom is 0.310 e. The first-order valence-electron chi connectivity index (χ1n) is 7.94. The summed E-state index contributed by atoms with van der Waals surface area (Å²) in [6.45, 7) is 5.33. The molecule has 0 radical (unpaired) electrons. The minimum Gasteiger partial charge on any atom is -0.466 e. The molecule has 1 aromatic carbocycles. The molecule has 126 valence electrons. The molecule has 1 aromatic rings.